The molecule has 0 radical (unpaired) electrons. The van der Waals surface area contributed by atoms with Crippen molar-refractivity contribution < 1.29 is 18.0 Å². The topological polar surface area (TPSA) is 69.3 Å². The van der Waals surface area contributed by atoms with Crippen molar-refractivity contribution in [3.05, 3.63) is 65.2 Å². The van der Waals surface area contributed by atoms with Crippen molar-refractivity contribution in [2.75, 3.05) is 19.6 Å². The van der Waals surface area contributed by atoms with Crippen molar-refractivity contribution >= 4 is 5.91 Å². The third-order valence-electron chi connectivity index (χ3n) is 7.94. The van der Waals surface area contributed by atoms with Gasteiger partial charge in [0.25, 0.3) is 5.92 Å². The zero-order valence-electron chi connectivity index (χ0n) is 20.5. The summed E-state index contributed by atoms with van der Waals surface area (Å²) < 4.78 is 43.6. The lowest BCUT2D eigenvalue weighted by molar-refractivity contribution is -0.127. The number of hydrazine groups is 1. The molecule has 3 N–H and O–H groups in total. The molecule has 1 amide bonds. The van der Waals surface area contributed by atoms with Crippen LogP contribution in [0.3, 0.4) is 0 Å². The Morgan fingerprint density at radius 1 is 1.19 bits per heavy atom. The maximum absolute atomic E-state index is 14.8. The van der Waals surface area contributed by atoms with Gasteiger partial charge < -0.3 is 5.32 Å². The number of piperidine rings is 1. The number of aryl methyl sites for hydroxylation is 1. The molecule has 5 atom stereocenters. The number of nitrogens with one attached hydrogen (secondary N) is 3. The second-order valence-corrected chi connectivity index (χ2v) is 10.5. The highest BCUT2D eigenvalue weighted by molar-refractivity contribution is 5.79. The minimum absolute atomic E-state index is 0.0118. The zero-order chi connectivity index (χ0) is 25.3. The molecular weight excluding hydrogens is 467 g/mol. The van der Waals surface area contributed by atoms with E-state index in [9.17, 15) is 18.0 Å². The maximum Gasteiger partial charge on any atom is 0.288 e. The van der Waals surface area contributed by atoms with Gasteiger partial charge in [0, 0.05) is 36.4 Å². The molecule has 1 aromatic heterocycles. The summed E-state index contributed by atoms with van der Waals surface area (Å²) in [7, 11) is 0. The van der Waals surface area contributed by atoms with E-state index < -0.39 is 23.8 Å². The second kappa shape index (κ2) is 10.5. The van der Waals surface area contributed by atoms with Gasteiger partial charge in [0.2, 0.25) is 5.91 Å². The van der Waals surface area contributed by atoms with Gasteiger partial charge >= 0.3 is 0 Å². The highest BCUT2D eigenvalue weighted by Gasteiger charge is 2.43. The summed E-state index contributed by atoms with van der Waals surface area (Å²) in [6.45, 7) is 2.27. The van der Waals surface area contributed by atoms with E-state index in [1.54, 1.807) is 4.90 Å². The first-order chi connectivity index (χ1) is 17.3. The van der Waals surface area contributed by atoms with E-state index >= 15 is 0 Å². The van der Waals surface area contributed by atoms with Crippen LogP contribution in [0.2, 0.25) is 0 Å². The first-order valence-electron chi connectivity index (χ1n) is 12.9. The summed E-state index contributed by atoms with van der Waals surface area (Å²) >= 11 is 0. The van der Waals surface area contributed by atoms with Gasteiger partial charge in [0.1, 0.15) is 5.82 Å². The van der Waals surface area contributed by atoms with Crippen LogP contribution in [0.5, 0.6) is 0 Å². The zero-order valence-corrected chi connectivity index (χ0v) is 20.5. The van der Waals surface area contributed by atoms with Crippen LogP contribution in [0.1, 0.15) is 55.0 Å². The summed E-state index contributed by atoms with van der Waals surface area (Å²) in [5, 5.41) is 3.15. The lowest BCUT2D eigenvalue weighted by Gasteiger charge is -2.37. The van der Waals surface area contributed by atoms with E-state index in [0.29, 0.717) is 31.5 Å². The van der Waals surface area contributed by atoms with Gasteiger partial charge in [-0.25, -0.2) is 9.82 Å². The van der Waals surface area contributed by atoms with Crippen LogP contribution in [-0.2, 0) is 10.7 Å². The quantitative estimate of drug-likeness (QED) is 0.561. The molecule has 2 saturated heterocycles. The van der Waals surface area contributed by atoms with Crippen molar-refractivity contribution in [2.45, 2.75) is 63.1 Å². The van der Waals surface area contributed by atoms with Crippen LogP contribution >= 0.6 is 0 Å². The number of amides is 1. The number of rotatable bonds is 6. The number of alkyl halides is 2. The van der Waals surface area contributed by atoms with Crippen LogP contribution < -0.4 is 16.2 Å². The third kappa shape index (κ3) is 5.43. The minimum atomic E-state index is -3.29. The molecule has 6 nitrogen and oxygen atoms in total. The fourth-order valence-corrected chi connectivity index (χ4v) is 6.15. The number of halogens is 3. The van der Waals surface area contributed by atoms with Crippen molar-refractivity contribution in [1.29, 1.82) is 0 Å². The van der Waals surface area contributed by atoms with Crippen LogP contribution in [0.15, 0.2) is 42.6 Å². The standard InChI is InChI=1S/C27H34F3N5O/c1-17-13-18(10-11-31-17)25-21-14-19(8-9-24(21)33-34-25)26(36)32-20-5-4-12-35(15-20)16-27(29,30)22-6-2-3-7-23(22)28/h2-3,6-7,10-11,13,19-21,24-25,33-34H,4-5,8-9,12,14-16H2,1H3,(H,32,36)/t19?,20-,21?,24?,25?/m1/s1. The molecule has 1 saturated carbocycles. The fourth-order valence-electron chi connectivity index (χ4n) is 6.15. The van der Waals surface area contributed by atoms with Crippen LogP contribution in [0, 0.1) is 24.6 Å². The Labute approximate surface area is 210 Å². The van der Waals surface area contributed by atoms with E-state index in [4.69, 9.17) is 0 Å². The van der Waals surface area contributed by atoms with E-state index in [1.165, 1.54) is 17.7 Å². The predicted molar refractivity (Wildman–Crippen MR) is 131 cm³/mol. The van der Waals surface area contributed by atoms with Crippen LogP contribution in [0.25, 0.3) is 0 Å². The molecular formula is C27H34F3N5O. The monoisotopic (exact) mass is 501 g/mol. The number of hydrogen-bond acceptors (Lipinski definition) is 5. The maximum atomic E-state index is 14.8. The molecule has 2 aliphatic heterocycles. The van der Waals surface area contributed by atoms with Crippen molar-refractivity contribution in [1.82, 2.24) is 26.1 Å². The SMILES string of the molecule is Cc1cc(C2NNC3CCC(C(=O)N[C@@H]4CCCN(CC(F)(F)c5ccccc5F)C4)CC32)ccn1. The molecule has 5 rings (SSSR count). The first-order valence-corrected chi connectivity index (χ1v) is 12.9. The molecule has 4 unspecified atom stereocenters. The Morgan fingerprint density at radius 3 is 2.83 bits per heavy atom. The average molecular weight is 502 g/mol. The van der Waals surface area contributed by atoms with E-state index in [0.717, 1.165) is 43.5 Å². The highest BCUT2D eigenvalue weighted by atomic mass is 19.3. The number of carbonyl (C=O) groups is 1. The Balaban J connectivity index is 1.18. The van der Waals surface area contributed by atoms with E-state index in [-0.39, 0.29) is 23.9 Å². The third-order valence-corrected chi connectivity index (χ3v) is 7.94. The molecule has 1 aromatic carbocycles. The van der Waals surface area contributed by atoms with Gasteiger partial charge in [-0.2, -0.15) is 8.78 Å². The fraction of sp³-hybridized carbons (Fsp3) is 0.556. The molecule has 36 heavy (non-hydrogen) atoms. The van der Waals surface area contributed by atoms with Gasteiger partial charge in [-0.05, 0) is 75.3 Å². The molecule has 2 aromatic rings. The number of carbonyl (C=O) groups excluding carboxylic acids is 1. The predicted octanol–water partition coefficient (Wildman–Crippen LogP) is 3.84. The molecule has 3 fully saturated rings. The second-order valence-electron chi connectivity index (χ2n) is 10.5. The van der Waals surface area contributed by atoms with Gasteiger partial charge in [0.15, 0.2) is 0 Å². The molecule has 9 heteroatoms. The largest absolute Gasteiger partial charge is 0.352 e. The number of pyridine rings is 1. The molecule has 3 heterocycles. The highest BCUT2D eigenvalue weighted by Crippen LogP contribution is 2.40. The smallest absolute Gasteiger partial charge is 0.288 e. The number of likely N-dealkylation sites (tertiary alicyclic amines) is 1. The lowest BCUT2D eigenvalue weighted by Crippen LogP contribution is -2.52. The normalized spacial score (nSPS) is 29.1. The average Bonchev–Trinajstić information content (AvgIpc) is 3.27. The Hall–Kier alpha value is -2.49. The Morgan fingerprint density at radius 2 is 2.03 bits per heavy atom. The molecule has 3 aliphatic rings. The number of hydrogen-bond donors (Lipinski definition) is 3. The summed E-state index contributed by atoms with van der Waals surface area (Å²) in [6, 6.07) is 9.40. The summed E-state index contributed by atoms with van der Waals surface area (Å²) in [5.41, 5.74) is 8.37. The van der Waals surface area contributed by atoms with Crippen molar-refractivity contribution in [2.24, 2.45) is 11.8 Å². The van der Waals surface area contributed by atoms with Crippen LogP contribution in [0.4, 0.5) is 13.2 Å². The molecule has 194 valence electrons. The lowest BCUT2D eigenvalue weighted by atomic mass is 9.74. The summed E-state index contributed by atoms with van der Waals surface area (Å²) in [4.78, 5) is 19.2. The summed E-state index contributed by atoms with van der Waals surface area (Å²) in [5.74, 6) is -3.99. The van der Waals surface area contributed by atoms with Gasteiger partial charge in [-0.3, -0.25) is 20.1 Å². The molecule has 0 bridgehead atoms. The summed E-state index contributed by atoms with van der Waals surface area (Å²) in [6.07, 6.45) is 5.76. The van der Waals surface area contributed by atoms with Crippen LogP contribution in [-0.4, -0.2) is 47.5 Å². The molecule has 1 aliphatic carbocycles. The number of aromatic nitrogens is 1. The minimum Gasteiger partial charge on any atom is -0.352 e. The number of nitrogens with zero attached hydrogens (tertiary/aromatic N) is 2. The van der Waals surface area contributed by atoms with Gasteiger partial charge in [0.05, 0.1) is 18.2 Å². The van der Waals surface area contributed by atoms with Gasteiger partial charge in [-0.15, -0.1) is 0 Å². The van der Waals surface area contributed by atoms with Crippen molar-refractivity contribution in [3.8, 4) is 0 Å². The van der Waals surface area contributed by atoms with Gasteiger partial charge in [-0.1, -0.05) is 18.2 Å². The first kappa shape index (κ1) is 25.2. The van der Waals surface area contributed by atoms with E-state index in [2.05, 4.69) is 27.2 Å². The number of benzene rings is 1. The Bertz CT molecular complexity index is 1080. The van der Waals surface area contributed by atoms with Crippen molar-refractivity contribution in [3.63, 3.8) is 0 Å². The van der Waals surface area contributed by atoms with E-state index in [1.807, 2.05) is 19.2 Å². The molecule has 0 spiro atoms. The number of fused-ring (bicyclic) bond motifs is 1. The Kier molecular flexibility index (Phi) is 7.32.